The van der Waals surface area contributed by atoms with E-state index in [0.717, 1.165) is 23.3 Å². The molecule has 0 aromatic heterocycles. The van der Waals surface area contributed by atoms with E-state index in [2.05, 4.69) is 19.2 Å². The third-order valence-electron chi connectivity index (χ3n) is 3.67. The van der Waals surface area contributed by atoms with E-state index in [1.807, 2.05) is 60.7 Å². The molecule has 2 aromatic carbocycles. The molecule has 2 aromatic rings. The number of hydrogen-bond acceptors (Lipinski definition) is 2. The van der Waals surface area contributed by atoms with Gasteiger partial charge in [-0.05, 0) is 30.5 Å². The summed E-state index contributed by atoms with van der Waals surface area (Å²) in [5.41, 5.74) is 1.04. The predicted molar refractivity (Wildman–Crippen MR) is 94.0 cm³/mol. The fourth-order valence-corrected chi connectivity index (χ4v) is 3.36. The molecule has 0 heterocycles. The number of hydrogen-bond donors (Lipinski definition) is 1. The maximum Gasteiger partial charge on any atom is 0.238 e. The molecule has 1 N–H and O–H groups in total. The zero-order valence-electron chi connectivity index (χ0n) is 13.2. The van der Waals surface area contributed by atoms with Gasteiger partial charge in [0.15, 0.2) is 0 Å². The standard InChI is InChI=1S/C19H23NOS/c1-3-16(4-2)20-19(21)18(15-11-7-5-8-12-15)22-17-13-9-6-10-14-17/h5-14,16,18H,3-4H2,1-2H3,(H,20,21). The first-order valence-corrected chi connectivity index (χ1v) is 8.69. The summed E-state index contributed by atoms with van der Waals surface area (Å²) in [5.74, 6) is 0.0914. The van der Waals surface area contributed by atoms with Crippen molar-refractivity contribution in [1.29, 1.82) is 0 Å². The topological polar surface area (TPSA) is 29.1 Å². The Bertz CT molecular complexity index is 567. The van der Waals surface area contributed by atoms with Crippen LogP contribution in [-0.2, 0) is 4.79 Å². The van der Waals surface area contributed by atoms with Crippen molar-refractivity contribution in [3.8, 4) is 0 Å². The van der Waals surface area contributed by atoms with E-state index in [0.29, 0.717) is 0 Å². The molecule has 0 saturated carbocycles. The summed E-state index contributed by atoms with van der Waals surface area (Å²) < 4.78 is 0. The summed E-state index contributed by atoms with van der Waals surface area (Å²) in [5, 5.41) is 2.96. The van der Waals surface area contributed by atoms with Gasteiger partial charge in [0.1, 0.15) is 5.25 Å². The molecular weight excluding hydrogens is 290 g/mol. The molecule has 0 aliphatic rings. The summed E-state index contributed by atoms with van der Waals surface area (Å²) in [6, 6.07) is 20.3. The zero-order chi connectivity index (χ0) is 15.8. The van der Waals surface area contributed by atoms with Crippen molar-refractivity contribution in [3.05, 3.63) is 66.2 Å². The summed E-state index contributed by atoms with van der Waals surface area (Å²) in [7, 11) is 0. The van der Waals surface area contributed by atoms with Crippen molar-refractivity contribution in [3.63, 3.8) is 0 Å². The van der Waals surface area contributed by atoms with Gasteiger partial charge in [-0.15, -0.1) is 11.8 Å². The van der Waals surface area contributed by atoms with Crippen LogP contribution in [0, 0.1) is 0 Å². The largest absolute Gasteiger partial charge is 0.352 e. The Morgan fingerprint density at radius 1 is 0.955 bits per heavy atom. The maximum absolute atomic E-state index is 12.7. The van der Waals surface area contributed by atoms with E-state index < -0.39 is 0 Å². The van der Waals surface area contributed by atoms with E-state index in [9.17, 15) is 4.79 Å². The number of benzene rings is 2. The van der Waals surface area contributed by atoms with Crippen LogP contribution in [0.5, 0.6) is 0 Å². The van der Waals surface area contributed by atoms with Crippen molar-refractivity contribution in [2.45, 2.75) is 42.9 Å². The SMILES string of the molecule is CCC(CC)NC(=O)C(Sc1ccccc1)c1ccccc1. The molecule has 2 nitrogen and oxygen atoms in total. The normalized spacial score (nSPS) is 12.1. The Balaban J connectivity index is 2.20. The Hall–Kier alpha value is -1.74. The van der Waals surface area contributed by atoms with Gasteiger partial charge in [-0.1, -0.05) is 62.4 Å². The Morgan fingerprint density at radius 3 is 2.05 bits per heavy atom. The summed E-state index contributed by atoms with van der Waals surface area (Å²) in [6.45, 7) is 4.21. The summed E-state index contributed by atoms with van der Waals surface area (Å²) in [6.07, 6.45) is 1.92. The fraction of sp³-hybridized carbons (Fsp3) is 0.316. The fourth-order valence-electron chi connectivity index (χ4n) is 2.31. The Kier molecular flexibility index (Phi) is 6.53. The highest BCUT2D eigenvalue weighted by Gasteiger charge is 2.23. The van der Waals surface area contributed by atoms with Crippen molar-refractivity contribution in [2.24, 2.45) is 0 Å². The van der Waals surface area contributed by atoms with Crippen molar-refractivity contribution >= 4 is 17.7 Å². The maximum atomic E-state index is 12.7. The quantitative estimate of drug-likeness (QED) is 0.742. The summed E-state index contributed by atoms with van der Waals surface area (Å²) in [4.78, 5) is 13.9. The summed E-state index contributed by atoms with van der Waals surface area (Å²) >= 11 is 1.60. The van der Waals surface area contributed by atoms with Crippen molar-refractivity contribution in [1.82, 2.24) is 5.32 Å². The molecular formula is C19H23NOS. The average Bonchev–Trinajstić information content (AvgIpc) is 2.59. The Labute approximate surface area is 137 Å². The van der Waals surface area contributed by atoms with Gasteiger partial charge in [0.05, 0.1) is 0 Å². The molecule has 0 aliphatic heterocycles. The van der Waals surface area contributed by atoms with E-state index in [1.54, 1.807) is 11.8 Å². The van der Waals surface area contributed by atoms with Gasteiger partial charge in [-0.25, -0.2) is 0 Å². The van der Waals surface area contributed by atoms with E-state index in [1.165, 1.54) is 0 Å². The number of amides is 1. The van der Waals surface area contributed by atoms with Gasteiger partial charge in [0, 0.05) is 10.9 Å². The molecule has 3 heteroatoms. The lowest BCUT2D eigenvalue weighted by molar-refractivity contribution is -0.121. The molecule has 0 fully saturated rings. The molecule has 0 saturated heterocycles. The first-order chi connectivity index (χ1) is 10.7. The van der Waals surface area contributed by atoms with Gasteiger partial charge in [0.2, 0.25) is 5.91 Å². The highest BCUT2D eigenvalue weighted by atomic mass is 32.2. The van der Waals surface area contributed by atoms with E-state index in [4.69, 9.17) is 0 Å². The predicted octanol–water partition coefficient (Wildman–Crippen LogP) is 4.82. The smallest absolute Gasteiger partial charge is 0.238 e. The van der Waals surface area contributed by atoms with Gasteiger partial charge < -0.3 is 5.32 Å². The molecule has 0 aliphatic carbocycles. The number of carbonyl (C=O) groups is 1. The van der Waals surface area contributed by atoms with Gasteiger partial charge in [0.25, 0.3) is 0 Å². The van der Waals surface area contributed by atoms with Crippen LogP contribution in [0.3, 0.4) is 0 Å². The van der Waals surface area contributed by atoms with Gasteiger partial charge in [-0.3, -0.25) is 4.79 Å². The van der Waals surface area contributed by atoms with Crippen molar-refractivity contribution in [2.75, 3.05) is 0 Å². The third-order valence-corrected chi connectivity index (χ3v) is 4.94. The minimum absolute atomic E-state index is 0.0914. The van der Waals surface area contributed by atoms with Crippen LogP contribution in [0.1, 0.15) is 37.5 Å². The highest BCUT2D eigenvalue weighted by molar-refractivity contribution is 8.00. The van der Waals surface area contributed by atoms with Crippen LogP contribution in [0.4, 0.5) is 0 Å². The van der Waals surface area contributed by atoms with Crippen LogP contribution in [0.25, 0.3) is 0 Å². The third kappa shape index (κ3) is 4.63. The minimum atomic E-state index is -0.218. The van der Waals surface area contributed by atoms with Gasteiger partial charge >= 0.3 is 0 Å². The minimum Gasteiger partial charge on any atom is -0.352 e. The lowest BCUT2D eigenvalue weighted by Gasteiger charge is -2.21. The second-order valence-electron chi connectivity index (χ2n) is 5.24. The number of rotatable bonds is 7. The van der Waals surface area contributed by atoms with Crippen LogP contribution in [0.2, 0.25) is 0 Å². The second kappa shape index (κ2) is 8.64. The average molecular weight is 313 g/mol. The van der Waals surface area contributed by atoms with E-state index >= 15 is 0 Å². The number of nitrogens with one attached hydrogen (secondary N) is 1. The number of thioether (sulfide) groups is 1. The van der Waals surface area contributed by atoms with Crippen LogP contribution in [0.15, 0.2) is 65.6 Å². The first-order valence-electron chi connectivity index (χ1n) is 7.81. The Morgan fingerprint density at radius 2 is 1.50 bits per heavy atom. The zero-order valence-corrected chi connectivity index (χ0v) is 14.0. The molecule has 1 amide bonds. The molecule has 22 heavy (non-hydrogen) atoms. The second-order valence-corrected chi connectivity index (χ2v) is 6.42. The highest BCUT2D eigenvalue weighted by Crippen LogP contribution is 2.35. The van der Waals surface area contributed by atoms with Crippen LogP contribution >= 0.6 is 11.8 Å². The van der Waals surface area contributed by atoms with Crippen molar-refractivity contribution < 1.29 is 4.79 Å². The molecule has 2 rings (SSSR count). The lowest BCUT2D eigenvalue weighted by Crippen LogP contribution is -2.36. The molecule has 1 unspecified atom stereocenters. The lowest BCUT2D eigenvalue weighted by atomic mass is 10.1. The van der Waals surface area contributed by atoms with Crippen LogP contribution in [-0.4, -0.2) is 11.9 Å². The number of carbonyl (C=O) groups excluding carboxylic acids is 1. The molecule has 0 bridgehead atoms. The molecule has 0 radical (unpaired) electrons. The van der Waals surface area contributed by atoms with E-state index in [-0.39, 0.29) is 17.2 Å². The molecule has 0 spiro atoms. The molecule has 1 atom stereocenters. The van der Waals surface area contributed by atoms with Gasteiger partial charge in [-0.2, -0.15) is 0 Å². The molecule has 116 valence electrons. The monoisotopic (exact) mass is 313 g/mol. The van der Waals surface area contributed by atoms with Crippen LogP contribution < -0.4 is 5.32 Å². The first kappa shape index (κ1) is 16.6.